The van der Waals surface area contributed by atoms with E-state index in [1.54, 1.807) is 16.7 Å². The topological polar surface area (TPSA) is 65.1 Å². The molecule has 26 heavy (non-hydrogen) atoms. The third-order valence-electron chi connectivity index (χ3n) is 4.15. The van der Waals surface area contributed by atoms with Crippen LogP contribution in [0.5, 0.6) is 0 Å². The fourth-order valence-electron chi connectivity index (χ4n) is 2.95. The second kappa shape index (κ2) is 6.72. The average Bonchev–Trinajstić information content (AvgIpc) is 2.87. The van der Waals surface area contributed by atoms with E-state index in [9.17, 15) is 4.79 Å². The summed E-state index contributed by atoms with van der Waals surface area (Å²) in [6.45, 7) is 2.61. The SMILES string of the molecule is CC=CCn1nc2n(c1=O)-c1ccc(Cl)nc1C(c1ccccc1)=NC2. The summed E-state index contributed by atoms with van der Waals surface area (Å²) in [7, 11) is 0. The number of fused-ring (bicyclic) bond motifs is 3. The van der Waals surface area contributed by atoms with E-state index in [-0.39, 0.29) is 12.2 Å². The van der Waals surface area contributed by atoms with Crippen molar-refractivity contribution in [2.24, 2.45) is 4.99 Å². The predicted molar refractivity (Wildman–Crippen MR) is 101 cm³/mol. The van der Waals surface area contributed by atoms with Gasteiger partial charge in [0.25, 0.3) is 0 Å². The van der Waals surface area contributed by atoms with Crippen LogP contribution in [0.3, 0.4) is 0 Å². The zero-order chi connectivity index (χ0) is 18.1. The molecule has 0 spiro atoms. The largest absolute Gasteiger partial charge is 0.350 e. The van der Waals surface area contributed by atoms with Gasteiger partial charge >= 0.3 is 5.69 Å². The number of rotatable bonds is 3. The molecule has 0 N–H and O–H groups in total. The molecule has 2 aromatic heterocycles. The zero-order valence-electron chi connectivity index (χ0n) is 14.1. The molecule has 0 aliphatic carbocycles. The molecule has 0 bridgehead atoms. The Hall–Kier alpha value is -2.99. The number of halogens is 1. The summed E-state index contributed by atoms with van der Waals surface area (Å²) in [5.74, 6) is 0.579. The van der Waals surface area contributed by atoms with Crippen LogP contribution < -0.4 is 5.69 Å². The lowest BCUT2D eigenvalue weighted by molar-refractivity contribution is 0.659. The van der Waals surface area contributed by atoms with Crippen molar-refractivity contribution in [3.05, 3.63) is 87.3 Å². The Kier molecular flexibility index (Phi) is 4.26. The highest BCUT2D eigenvalue weighted by atomic mass is 35.5. The summed E-state index contributed by atoms with van der Waals surface area (Å²) in [6.07, 6.45) is 3.77. The maximum absolute atomic E-state index is 12.9. The van der Waals surface area contributed by atoms with Crippen LogP contribution in [0.25, 0.3) is 5.69 Å². The maximum atomic E-state index is 12.9. The molecule has 1 aliphatic heterocycles. The minimum atomic E-state index is -0.215. The lowest BCUT2D eigenvalue weighted by atomic mass is 10.1. The second-order valence-electron chi connectivity index (χ2n) is 5.82. The van der Waals surface area contributed by atoms with Gasteiger partial charge in [-0.1, -0.05) is 54.1 Å². The number of hydrogen-bond acceptors (Lipinski definition) is 4. The number of aromatic nitrogens is 4. The first kappa shape index (κ1) is 16.5. The quantitative estimate of drug-likeness (QED) is 0.529. The normalized spacial score (nSPS) is 13.2. The zero-order valence-corrected chi connectivity index (χ0v) is 14.9. The van der Waals surface area contributed by atoms with Gasteiger partial charge in [0.05, 0.1) is 17.9 Å². The highest BCUT2D eigenvalue weighted by molar-refractivity contribution is 6.29. The molecule has 3 aromatic rings. The van der Waals surface area contributed by atoms with Crippen LogP contribution in [0.4, 0.5) is 0 Å². The molecule has 1 aromatic carbocycles. The highest BCUT2D eigenvalue weighted by Gasteiger charge is 2.24. The second-order valence-corrected chi connectivity index (χ2v) is 6.21. The Morgan fingerprint density at radius 1 is 1.19 bits per heavy atom. The minimum absolute atomic E-state index is 0.215. The Morgan fingerprint density at radius 3 is 2.77 bits per heavy atom. The van der Waals surface area contributed by atoms with Gasteiger partial charge < -0.3 is 0 Å². The van der Waals surface area contributed by atoms with Crippen molar-refractivity contribution >= 4 is 17.3 Å². The van der Waals surface area contributed by atoms with Crippen LogP contribution in [0.1, 0.15) is 24.0 Å². The predicted octanol–water partition coefficient (Wildman–Crippen LogP) is 3.01. The molecule has 1 aliphatic rings. The minimum Gasteiger partial charge on any atom is -0.274 e. The first-order valence-electron chi connectivity index (χ1n) is 8.26. The summed E-state index contributed by atoms with van der Waals surface area (Å²) < 4.78 is 3.00. The van der Waals surface area contributed by atoms with Crippen LogP contribution in [0.15, 0.2) is 64.4 Å². The first-order chi connectivity index (χ1) is 12.7. The van der Waals surface area contributed by atoms with E-state index in [4.69, 9.17) is 16.6 Å². The monoisotopic (exact) mass is 365 g/mol. The molecule has 4 rings (SSSR count). The van der Waals surface area contributed by atoms with E-state index in [0.717, 1.165) is 5.56 Å². The summed E-state index contributed by atoms with van der Waals surface area (Å²) in [5.41, 5.74) is 2.63. The van der Waals surface area contributed by atoms with Crippen LogP contribution >= 0.6 is 11.6 Å². The lowest BCUT2D eigenvalue weighted by Crippen LogP contribution is -2.25. The van der Waals surface area contributed by atoms with Crippen LogP contribution in [-0.2, 0) is 13.1 Å². The van der Waals surface area contributed by atoms with Crippen LogP contribution in [0, 0.1) is 0 Å². The summed E-state index contributed by atoms with van der Waals surface area (Å²) >= 11 is 6.14. The molecule has 3 heterocycles. The molecule has 0 saturated heterocycles. The van der Waals surface area contributed by atoms with Gasteiger partial charge in [0.2, 0.25) is 0 Å². The van der Waals surface area contributed by atoms with Crippen molar-refractivity contribution in [3.63, 3.8) is 0 Å². The van der Waals surface area contributed by atoms with E-state index in [1.165, 1.54) is 4.68 Å². The third kappa shape index (κ3) is 2.78. The Labute approximate surface area is 155 Å². The molecule has 0 radical (unpaired) electrons. The van der Waals surface area contributed by atoms with E-state index in [0.29, 0.717) is 34.6 Å². The number of benzene rings is 1. The number of allylic oxidation sites excluding steroid dienone is 2. The summed E-state index contributed by atoms with van der Waals surface area (Å²) in [6, 6.07) is 13.2. The molecule has 7 heteroatoms. The number of nitrogens with zero attached hydrogens (tertiary/aromatic N) is 5. The van der Waals surface area contributed by atoms with Gasteiger partial charge in [-0.25, -0.2) is 19.0 Å². The van der Waals surface area contributed by atoms with Gasteiger partial charge in [-0.15, -0.1) is 0 Å². The van der Waals surface area contributed by atoms with Crippen molar-refractivity contribution in [2.75, 3.05) is 0 Å². The molecule has 0 fully saturated rings. The fraction of sp³-hybridized carbons (Fsp3) is 0.158. The molecular weight excluding hydrogens is 350 g/mol. The van der Waals surface area contributed by atoms with E-state index in [1.807, 2.05) is 49.4 Å². The van der Waals surface area contributed by atoms with Gasteiger partial charge in [-0.2, -0.15) is 5.10 Å². The molecule has 0 amide bonds. The van der Waals surface area contributed by atoms with E-state index < -0.39 is 0 Å². The van der Waals surface area contributed by atoms with Gasteiger partial charge in [-0.05, 0) is 19.1 Å². The standard InChI is InChI=1S/C19H16ClN5O/c1-2-3-11-24-19(26)25-14-9-10-15(20)22-18(14)17(21-12-16(25)23-24)13-7-5-4-6-8-13/h2-10H,11-12H2,1H3. The number of aliphatic imine (C=N–C) groups is 1. The Balaban J connectivity index is 1.95. The molecular formula is C19H16ClN5O. The molecule has 130 valence electrons. The Morgan fingerprint density at radius 2 is 2.00 bits per heavy atom. The van der Waals surface area contributed by atoms with Crippen molar-refractivity contribution in [1.29, 1.82) is 0 Å². The lowest BCUT2D eigenvalue weighted by Gasteiger charge is -2.10. The maximum Gasteiger partial charge on any atom is 0.350 e. The molecule has 0 saturated carbocycles. The van der Waals surface area contributed by atoms with Crippen molar-refractivity contribution < 1.29 is 0 Å². The molecule has 6 nitrogen and oxygen atoms in total. The Bertz CT molecular complexity index is 1080. The molecule has 0 unspecified atom stereocenters. The number of hydrogen-bond donors (Lipinski definition) is 0. The van der Waals surface area contributed by atoms with Gasteiger partial charge in [0, 0.05) is 5.56 Å². The third-order valence-corrected chi connectivity index (χ3v) is 4.36. The summed E-state index contributed by atoms with van der Waals surface area (Å²) in [5, 5.41) is 4.80. The number of pyridine rings is 1. The average molecular weight is 366 g/mol. The van der Waals surface area contributed by atoms with E-state index in [2.05, 4.69) is 10.1 Å². The van der Waals surface area contributed by atoms with E-state index >= 15 is 0 Å². The highest BCUT2D eigenvalue weighted by Crippen LogP contribution is 2.23. The van der Waals surface area contributed by atoms with Crippen LogP contribution in [-0.4, -0.2) is 25.0 Å². The first-order valence-corrected chi connectivity index (χ1v) is 8.64. The molecule has 0 atom stereocenters. The van der Waals surface area contributed by atoms with Gasteiger partial charge in [-0.3, -0.25) is 4.99 Å². The van der Waals surface area contributed by atoms with Gasteiger partial charge in [0.15, 0.2) is 5.82 Å². The smallest absolute Gasteiger partial charge is 0.274 e. The van der Waals surface area contributed by atoms with Crippen molar-refractivity contribution in [3.8, 4) is 5.69 Å². The summed E-state index contributed by atoms with van der Waals surface area (Å²) in [4.78, 5) is 22.0. The van der Waals surface area contributed by atoms with Gasteiger partial charge in [0.1, 0.15) is 17.4 Å². The fourth-order valence-corrected chi connectivity index (χ4v) is 3.10. The van der Waals surface area contributed by atoms with Crippen molar-refractivity contribution in [1.82, 2.24) is 19.3 Å². The van der Waals surface area contributed by atoms with Crippen LogP contribution in [0.2, 0.25) is 5.15 Å². The van der Waals surface area contributed by atoms with Crippen molar-refractivity contribution in [2.45, 2.75) is 20.0 Å².